The number of hydrogen-bond acceptors (Lipinski definition) is 4. The molecular weight excluding hydrogens is 340 g/mol. The maximum Gasteiger partial charge on any atom is 0.248 e. The highest BCUT2D eigenvalue weighted by atomic mass is 19.1. The monoisotopic (exact) mass is 355 g/mol. The normalized spacial score (nSPS) is 11.5. The van der Waals surface area contributed by atoms with Crippen LogP contribution in [0.4, 0.5) is 14.5 Å². The number of aromatic nitrogens is 4. The summed E-state index contributed by atoms with van der Waals surface area (Å²) in [4.78, 5) is 12.2. The van der Waals surface area contributed by atoms with Crippen molar-refractivity contribution >= 4 is 17.2 Å². The zero-order valence-electron chi connectivity index (χ0n) is 14.1. The molecule has 0 radical (unpaired) electrons. The summed E-state index contributed by atoms with van der Waals surface area (Å²) in [5, 5.41) is 13.6. The van der Waals surface area contributed by atoms with Crippen molar-refractivity contribution in [3.8, 4) is 5.69 Å². The van der Waals surface area contributed by atoms with E-state index in [2.05, 4.69) is 20.8 Å². The molecule has 8 heteroatoms. The predicted molar refractivity (Wildman–Crippen MR) is 92.5 cm³/mol. The molecule has 2 aromatic carbocycles. The van der Waals surface area contributed by atoms with Gasteiger partial charge >= 0.3 is 0 Å². The summed E-state index contributed by atoms with van der Waals surface area (Å²) in [6.07, 6.45) is 1.39. The second-order valence-electron chi connectivity index (χ2n) is 5.63. The fourth-order valence-electron chi connectivity index (χ4n) is 2.38. The van der Waals surface area contributed by atoms with Crippen LogP contribution in [0.1, 0.15) is 18.3 Å². The van der Waals surface area contributed by atoms with E-state index in [1.54, 1.807) is 26.0 Å². The summed E-state index contributed by atoms with van der Waals surface area (Å²) >= 11 is 0. The van der Waals surface area contributed by atoms with E-state index in [0.29, 0.717) is 17.1 Å². The molecule has 0 bridgehead atoms. The lowest BCUT2D eigenvalue weighted by Gasteiger charge is -2.08. The topological polar surface area (TPSA) is 72.7 Å². The highest BCUT2D eigenvalue weighted by Gasteiger charge is 2.11. The molecule has 1 amide bonds. The van der Waals surface area contributed by atoms with Crippen molar-refractivity contribution in [2.24, 2.45) is 0 Å². The van der Waals surface area contributed by atoms with E-state index in [1.807, 2.05) is 0 Å². The van der Waals surface area contributed by atoms with Crippen LogP contribution >= 0.6 is 0 Å². The van der Waals surface area contributed by atoms with Crippen LogP contribution in [0.3, 0.4) is 0 Å². The molecule has 0 unspecified atom stereocenters. The summed E-state index contributed by atoms with van der Waals surface area (Å²) < 4.78 is 28.3. The zero-order valence-corrected chi connectivity index (χ0v) is 14.1. The summed E-state index contributed by atoms with van der Waals surface area (Å²) in [7, 11) is 0. The Hall–Kier alpha value is -3.42. The van der Waals surface area contributed by atoms with Crippen LogP contribution in [-0.4, -0.2) is 26.1 Å². The standard InChI is InChI=1S/C18H15F2N5O/c1-11(13-3-5-14(19)6-4-13)9-18(26)21-15-7-8-16(20)17(10-15)25-12(2)22-23-24-25/h3-10H,1-2H3,(H,21,26)/b11-9-. The van der Waals surface area contributed by atoms with Gasteiger partial charge in [-0.3, -0.25) is 4.79 Å². The molecule has 0 fully saturated rings. The third-order valence-corrected chi connectivity index (χ3v) is 3.71. The molecule has 0 saturated heterocycles. The Balaban J connectivity index is 1.80. The Kier molecular flexibility index (Phi) is 4.83. The molecule has 3 aromatic rings. The van der Waals surface area contributed by atoms with Gasteiger partial charge in [0, 0.05) is 11.8 Å². The number of carbonyl (C=O) groups excluding carboxylic acids is 1. The van der Waals surface area contributed by atoms with E-state index in [9.17, 15) is 13.6 Å². The number of anilines is 1. The second-order valence-corrected chi connectivity index (χ2v) is 5.63. The second kappa shape index (κ2) is 7.22. The first-order valence-electron chi connectivity index (χ1n) is 7.74. The predicted octanol–water partition coefficient (Wildman–Crippen LogP) is 3.29. The van der Waals surface area contributed by atoms with Gasteiger partial charge in [-0.05, 0) is 65.7 Å². The summed E-state index contributed by atoms with van der Waals surface area (Å²) in [6, 6.07) is 9.93. The van der Waals surface area contributed by atoms with Gasteiger partial charge in [-0.2, -0.15) is 4.68 Å². The van der Waals surface area contributed by atoms with Gasteiger partial charge in [0.05, 0.1) is 0 Å². The van der Waals surface area contributed by atoms with Crippen molar-refractivity contribution in [3.05, 3.63) is 71.6 Å². The number of halogens is 2. The number of tetrazole rings is 1. The van der Waals surface area contributed by atoms with Crippen LogP contribution in [0.15, 0.2) is 48.5 Å². The van der Waals surface area contributed by atoms with E-state index >= 15 is 0 Å². The van der Waals surface area contributed by atoms with Gasteiger partial charge in [-0.25, -0.2) is 8.78 Å². The number of nitrogens with one attached hydrogen (secondary N) is 1. The summed E-state index contributed by atoms with van der Waals surface area (Å²) in [6.45, 7) is 3.38. The Morgan fingerprint density at radius 1 is 1.15 bits per heavy atom. The molecule has 0 aliphatic carbocycles. The lowest BCUT2D eigenvalue weighted by Crippen LogP contribution is -2.10. The number of allylic oxidation sites excluding steroid dienone is 1. The van der Waals surface area contributed by atoms with Crippen LogP contribution in [0.2, 0.25) is 0 Å². The van der Waals surface area contributed by atoms with E-state index in [4.69, 9.17) is 0 Å². The molecule has 0 saturated carbocycles. The molecule has 1 heterocycles. The van der Waals surface area contributed by atoms with Crippen LogP contribution in [0.25, 0.3) is 11.3 Å². The molecule has 3 rings (SSSR count). The van der Waals surface area contributed by atoms with Crippen molar-refractivity contribution in [3.63, 3.8) is 0 Å². The van der Waals surface area contributed by atoms with Crippen LogP contribution < -0.4 is 5.32 Å². The molecule has 1 N–H and O–H groups in total. The van der Waals surface area contributed by atoms with E-state index < -0.39 is 11.7 Å². The van der Waals surface area contributed by atoms with Crippen LogP contribution in [0.5, 0.6) is 0 Å². The lowest BCUT2D eigenvalue weighted by atomic mass is 10.1. The third kappa shape index (κ3) is 3.80. The SMILES string of the molecule is C/C(=C/C(=O)Nc1ccc(F)c(-n2nnnc2C)c1)c1ccc(F)cc1. The number of carbonyl (C=O) groups is 1. The molecule has 1 aromatic heterocycles. The first-order chi connectivity index (χ1) is 12.4. The molecular formula is C18H15F2N5O. The molecule has 0 spiro atoms. The van der Waals surface area contributed by atoms with E-state index in [0.717, 1.165) is 5.56 Å². The molecule has 132 valence electrons. The molecule has 0 aliphatic rings. The molecule has 0 aliphatic heterocycles. The van der Waals surface area contributed by atoms with Crippen LogP contribution in [-0.2, 0) is 4.79 Å². The minimum absolute atomic E-state index is 0.129. The zero-order chi connectivity index (χ0) is 18.7. The minimum Gasteiger partial charge on any atom is -0.322 e. The van der Waals surface area contributed by atoms with E-state index in [-0.39, 0.29) is 11.5 Å². The number of amides is 1. The smallest absolute Gasteiger partial charge is 0.248 e. The number of rotatable bonds is 4. The maximum absolute atomic E-state index is 14.0. The minimum atomic E-state index is -0.517. The van der Waals surface area contributed by atoms with Crippen LogP contribution in [0, 0.1) is 18.6 Å². The number of hydrogen-bond donors (Lipinski definition) is 1. The average Bonchev–Trinajstić information content (AvgIpc) is 3.03. The molecule has 0 atom stereocenters. The summed E-state index contributed by atoms with van der Waals surface area (Å²) in [5.74, 6) is -0.837. The van der Waals surface area contributed by atoms with Gasteiger partial charge < -0.3 is 5.32 Å². The summed E-state index contributed by atoms with van der Waals surface area (Å²) in [5.41, 5.74) is 1.92. The Morgan fingerprint density at radius 3 is 2.54 bits per heavy atom. The Bertz CT molecular complexity index is 980. The highest BCUT2D eigenvalue weighted by molar-refractivity contribution is 6.03. The maximum atomic E-state index is 14.0. The Morgan fingerprint density at radius 2 is 1.88 bits per heavy atom. The Labute approximate surface area is 148 Å². The van der Waals surface area contributed by atoms with Gasteiger partial charge in [0.25, 0.3) is 0 Å². The van der Waals surface area contributed by atoms with Gasteiger partial charge in [-0.15, -0.1) is 5.10 Å². The average molecular weight is 355 g/mol. The first-order valence-corrected chi connectivity index (χ1v) is 7.74. The van der Waals surface area contributed by atoms with Gasteiger partial charge in [0.1, 0.15) is 17.3 Å². The molecule has 26 heavy (non-hydrogen) atoms. The third-order valence-electron chi connectivity index (χ3n) is 3.71. The number of benzene rings is 2. The van der Waals surface area contributed by atoms with Gasteiger partial charge in [-0.1, -0.05) is 12.1 Å². The largest absolute Gasteiger partial charge is 0.322 e. The lowest BCUT2D eigenvalue weighted by molar-refractivity contribution is -0.111. The van der Waals surface area contributed by atoms with Crippen molar-refractivity contribution in [1.82, 2.24) is 20.2 Å². The van der Waals surface area contributed by atoms with Crippen molar-refractivity contribution < 1.29 is 13.6 Å². The van der Waals surface area contributed by atoms with Gasteiger partial charge in [0.15, 0.2) is 5.82 Å². The fraction of sp³-hybridized carbons (Fsp3) is 0.111. The fourth-order valence-corrected chi connectivity index (χ4v) is 2.38. The highest BCUT2D eigenvalue weighted by Crippen LogP contribution is 2.19. The van der Waals surface area contributed by atoms with Gasteiger partial charge in [0.2, 0.25) is 5.91 Å². The number of aryl methyl sites for hydroxylation is 1. The van der Waals surface area contributed by atoms with E-state index in [1.165, 1.54) is 41.1 Å². The van der Waals surface area contributed by atoms with Crippen molar-refractivity contribution in [2.45, 2.75) is 13.8 Å². The molecule has 6 nitrogen and oxygen atoms in total. The van der Waals surface area contributed by atoms with Crippen molar-refractivity contribution in [2.75, 3.05) is 5.32 Å². The first kappa shape index (κ1) is 17.4. The number of nitrogens with zero attached hydrogens (tertiary/aromatic N) is 4. The van der Waals surface area contributed by atoms with Crippen molar-refractivity contribution in [1.29, 1.82) is 0 Å². The quantitative estimate of drug-likeness (QED) is 0.729.